The first-order valence-corrected chi connectivity index (χ1v) is 2.95. The van der Waals surface area contributed by atoms with E-state index in [0.717, 1.165) is 4.91 Å². The van der Waals surface area contributed by atoms with Gasteiger partial charge in [-0.2, -0.15) is 0 Å². The van der Waals surface area contributed by atoms with E-state index in [2.05, 4.69) is 32.6 Å². The summed E-state index contributed by atoms with van der Waals surface area (Å²) >= 11 is 4.10. The van der Waals surface area contributed by atoms with Gasteiger partial charge in [-0.3, -0.25) is 0 Å². The zero-order valence-corrected chi connectivity index (χ0v) is 6.00. The zero-order chi connectivity index (χ0) is 5.86. The van der Waals surface area contributed by atoms with E-state index in [1.165, 1.54) is 0 Å². The quantitative estimate of drug-likeness (QED) is 0.500. The molecular formula is C6H12S. The van der Waals surface area contributed by atoms with E-state index in [1.807, 2.05) is 6.92 Å². The minimum Gasteiger partial charge on any atom is -0.149 e. The maximum Gasteiger partial charge on any atom is -0.0253 e. The molecule has 0 spiro atoms. The first-order chi connectivity index (χ1) is 3.13. The highest BCUT2D eigenvalue weighted by atomic mass is 32.1. The number of hydrogen-bond donors (Lipinski definition) is 1. The molecule has 0 N–H and O–H groups in total. The van der Waals surface area contributed by atoms with E-state index in [1.54, 1.807) is 0 Å². The van der Waals surface area contributed by atoms with Crippen molar-refractivity contribution in [3.63, 3.8) is 0 Å². The van der Waals surface area contributed by atoms with Crippen LogP contribution >= 0.6 is 12.6 Å². The molecule has 0 aromatic heterocycles. The minimum atomic E-state index is 0.637. The summed E-state index contributed by atoms with van der Waals surface area (Å²) in [5.74, 6) is 0.637. The first kappa shape index (κ1) is 7.09. The summed E-state index contributed by atoms with van der Waals surface area (Å²) < 4.78 is 0. The Morgan fingerprint density at radius 3 is 2.00 bits per heavy atom. The van der Waals surface area contributed by atoms with Crippen LogP contribution in [0.25, 0.3) is 0 Å². The second kappa shape index (κ2) is 3.14. The summed E-state index contributed by atoms with van der Waals surface area (Å²) in [5.41, 5.74) is 0. The molecular weight excluding hydrogens is 104 g/mol. The van der Waals surface area contributed by atoms with E-state index in [4.69, 9.17) is 0 Å². The smallest absolute Gasteiger partial charge is 0.0253 e. The van der Waals surface area contributed by atoms with Crippen LogP contribution < -0.4 is 0 Å². The number of hydrogen-bond acceptors (Lipinski definition) is 1. The van der Waals surface area contributed by atoms with Crippen LogP contribution in [-0.4, -0.2) is 0 Å². The second-order valence-corrected chi connectivity index (χ2v) is 2.76. The summed E-state index contributed by atoms with van der Waals surface area (Å²) in [7, 11) is 0. The maximum atomic E-state index is 4.10. The minimum absolute atomic E-state index is 0.637. The summed E-state index contributed by atoms with van der Waals surface area (Å²) in [6.45, 7) is 6.27. The van der Waals surface area contributed by atoms with Crippen molar-refractivity contribution in [1.29, 1.82) is 0 Å². The molecule has 42 valence electrons. The second-order valence-electron chi connectivity index (χ2n) is 2.05. The van der Waals surface area contributed by atoms with Gasteiger partial charge in [0.25, 0.3) is 0 Å². The Kier molecular flexibility index (Phi) is 3.18. The monoisotopic (exact) mass is 116 g/mol. The summed E-state index contributed by atoms with van der Waals surface area (Å²) in [4.78, 5) is 1.11. The van der Waals surface area contributed by atoms with E-state index < -0.39 is 0 Å². The Morgan fingerprint density at radius 1 is 1.57 bits per heavy atom. The number of thiol groups is 1. The van der Waals surface area contributed by atoms with Crippen molar-refractivity contribution in [3.05, 3.63) is 11.0 Å². The van der Waals surface area contributed by atoms with Crippen molar-refractivity contribution in [3.8, 4) is 0 Å². The highest BCUT2D eigenvalue weighted by Gasteiger charge is 1.83. The topological polar surface area (TPSA) is 0 Å². The van der Waals surface area contributed by atoms with Crippen LogP contribution in [-0.2, 0) is 0 Å². The van der Waals surface area contributed by atoms with Crippen molar-refractivity contribution in [2.75, 3.05) is 0 Å². The molecule has 0 unspecified atom stereocenters. The Morgan fingerprint density at radius 2 is 2.00 bits per heavy atom. The van der Waals surface area contributed by atoms with Gasteiger partial charge in [0.05, 0.1) is 0 Å². The van der Waals surface area contributed by atoms with Crippen molar-refractivity contribution < 1.29 is 0 Å². The van der Waals surface area contributed by atoms with Crippen LogP contribution in [0.4, 0.5) is 0 Å². The van der Waals surface area contributed by atoms with E-state index in [0.29, 0.717) is 5.92 Å². The van der Waals surface area contributed by atoms with Crippen LogP contribution in [0.1, 0.15) is 20.8 Å². The predicted molar refractivity (Wildman–Crippen MR) is 37.6 cm³/mol. The molecule has 1 heteroatoms. The van der Waals surface area contributed by atoms with E-state index in [-0.39, 0.29) is 0 Å². The average Bonchev–Trinajstić information content (AvgIpc) is 1.27. The van der Waals surface area contributed by atoms with Crippen molar-refractivity contribution in [1.82, 2.24) is 0 Å². The molecule has 0 rings (SSSR count). The van der Waals surface area contributed by atoms with Gasteiger partial charge in [-0.15, -0.1) is 12.6 Å². The van der Waals surface area contributed by atoms with Crippen molar-refractivity contribution in [2.45, 2.75) is 20.8 Å². The molecule has 0 atom stereocenters. The third-order valence-electron chi connectivity index (χ3n) is 0.575. The fraction of sp³-hybridized carbons (Fsp3) is 0.667. The molecule has 0 saturated heterocycles. The Hall–Kier alpha value is 0.0900. The van der Waals surface area contributed by atoms with E-state index in [9.17, 15) is 0 Å². The van der Waals surface area contributed by atoms with Crippen LogP contribution in [0.3, 0.4) is 0 Å². The Balaban J connectivity index is 3.45. The molecule has 0 saturated carbocycles. The molecule has 0 aromatic rings. The zero-order valence-electron chi connectivity index (χ0n) is 5.10. The van der Waals surface area contributed by atoms with E-state index >= 15 is 0 Å². The predicted octanol–water partition coefficient (Wildman–Crippen LogP) is 2.48. The number of rotatable bonds is 1. The Bertz CT molecular complexity index is 68.2. The van der Waals surface area contributed by atoms with Gasteiger partial charge in [-0.1, -0.05) is 19.9 Å². The number of allylic oxidation sites excluding steroid dienone is 2. The lowest BCUT2D eigenvalue weighted by molar-refractivity contribution is 0.828. The molecule has 0 aliphatic carbocycles. The lowest BCUT2D eigenvalue weighted by atomic mass is 10.2. The first-order valence-electron chi connectivity index (χ1n) is 2.50. The van der Waals surface area contributed by atoms with Gasteiger partial charge in [0.15, 0.2) is 0 Å². The van der Waals surface area contributed by atoms with Gasteiger partial charge in [-0.25, -0.2) is 0 Å². The third kappa shape index (κ3) is 6.09. The molecule has 0 amide bonds. The highest BCUT2D eigenvalue weighted by Crippen LogP contribution is 2.03. The van der Waals surface area contributed by atoms with Gasteiger partial charge in [0.1, 0.15) is 0 Å². The summed E-state index contributed by atoms with van der Waals surface area (Å²) in [6, 6.07) is 0. The molecule has 0 bridgehead atoms. The van der Waals surface area contributed by atoms with Crippen LogP contribution in [0.15, 0.2) is 11.0 Å². The van der Waals surface area contributed by atoms with Crippen LogP contribution in [0.5, 0.6) is 0 Å². The lowest BCUT2D eigenvalue weighted by Crippen LogP contribution is -1.76. The van der Waals surface area contributed by atoms with Gasteiger partial charge < -0.3 is 0 Å². The molecule has 0 fully saturated rings. The third-order valence-corrected chi connectivity index (χ3v) is 0.724. The molecule has 0 aromatic carbocycles. The maximum absolute atomic E-state index is 4.10. The summed E-state index contributed by atoms with van der Waals surface area (Å²) in [5, 5.41) is 0. The largest absolute Gasteiger partial charge is 0.149 e. The fourth-order valence-corrected chi connectivity index (χ4v) is 0.781. The molecule has 7 heavy (non-hydrogen) atoms. The van der Waals surface area contributed by atoms with Crippen molar-refractivity contribution >= 4 is 12.6 Å². The average molecular weight is 116 g/mol. The lowest BCUT2D eigenvalue weighted by Gasteiger charge is -1.92. The molecule has 0 nitrogen and oxygen atoms in total. The SMILES string of the molecule is C/C(S)=C/C(C)C. The molecule has 0 aliphatic rings. The van der Waals surface area contributed by atoms with Gasteiger partial charge >= 0.3 is 0 Å². The van der Waals surface area contributed by atoms with Crippen LogP contribution in [0, 0.1) is 5.92 Å². The van der Waals surface area contributed by atoms with Gasteiger partial charge in [-0.05, 0) is 17.7 Å². The molecule has 0 heterocycles. The van der Waals surface area contributed by atoms with Crippen molar-refractivity contribution in [2.24, 2.45) is 5.92 Å². The molecule has 0 aliphatic heterocycles. The van der Waals surface area contributed by atoms with Gasteiger partial charge in [0, 0.05) is 0 Å². The fourth-order valence-electron chi connectivity index (χ4n) is 0.482. The standard InChI is InChI=1S/C6H12S/c1-5(2)4-6(3)7/h4-5,7H,1-3H3/b6-4-. The molecule has 0 radical (unpaired) electrons. The normalized spacial score (nSPS) is 13.0. The Labute approximate surface area is 51.0 Å². The summed E-state index contributed by atoms with van der Waals surface area (Å²) in [6.07, 6.45) is 2.11. The van der Waals surface area contributed by atoms with Crippen LogP contribution in [0.2, 0.25) is 0 Å². The highest BCUT2D eigenvalue weighted by molar-refractivity contribution is 7.84. The van der Waals surface area contributed by atoms with Gasteiger partial charge in [0.2, 0.25) is 0 Å².